The van der Waals surface area contributed by atoms with E-state index in [2.05, 4.69) is 5.10 Å². The summed E-state index contributed by atoms with van der Waals surface area (Å²) in [4.78, 5) is 21.1. The minimum atomic E-state index is -0.678. The summed E-state index contributed by atoms with van der Waals surface area (Å²) in [5.74, 6) is 4.48. The number of aryl methyl sites for hydroxylation is 1. The van der Waals surface area contributed by atoms with E-state index in [1.54, 1.807) is 6.92 Å². The van der Waals surface area contributed by atoms with E-state index >= 15 is 0 Å². The third-order valence-electron chi connectivity index (χ3n) is 2.01. The Bertz CT molecular complexity index is 399. The Morgan fingerprint density at radius 3 is 2.80 bits per heavy atom. The molecule has 82 valence electrons. The first-order valence-corrected chi connectivity index (χ1v) is 4.18. The zero-order chi connectivity index (χ0) is 11.6. The van der Waals surface area contributed by atoms with Crippen LogP contribution in [-0.4, -0.2) is 20.6 Å². The molecule has 1 heterocycles. The number of carbonyl (C=O) groups excluding carboxylic acids is 1. The fraction of sp³-hybridized carbons (Fsp3) is 0.429. The third kappa shape index (κ3) is 2.10. The van der Waals surface area contributed by atoms with Gasteiger partial charge in [-0.1, -0.05) is 0 Å². The Morgan fingerprint density at radius 2 is 2.40 bits per heavy atom. The van der Waals surface area contributed by atoms with Gasteiger partial charge in [-0.05, 0) is 13.8 Å². The molecule has 1 atom stereocenters. The van der Waals surface area contributed by atoms with Crippen LogP contribution >= 0.6 is 0 Å². The topological polar surface area (TPSA) is 116 Å². The van der Waals surface area contributed by atoms with E-state index in [1.807, 2.05) is 5.43 Å². The number of nitrogens with zero attached hydrogens (tertiary/aromatic N) is 3. The second-order valence-corrected chi connectivity index (χ2v) is 3.02. The Kier molecular flexibility index (Phi) is 3.00. The molecule has 0 fully saturated rings. The number of amides is 1. The Balaban J connectivity index is 3.02. The molecule has 1 amide bonds. The summed E-state index contributed by atoms with van der Waals surface area (Å²) in [7, 11) is 0. The zero-order valence-corrected chi connectivity index (χ0v) is 8.30. The summed E-state index contributed by atoms with van der Waals surface area (Å²) in [5.41, 5.74) is 2.09. The summed E-state index contributed by atoms with van der Waals surface area (Å²) in [6.45, 7) is 3.04. The lowest BCUT2D eigenvalue weighted by molar-refractivity contribution is -0.385. The average Bonchev–Trinajstić information content (AvgIpc) is 2.58. The largest absolute Gasteiger partial charge is 0.309 e. The molecule has 1 aromatic heterocycles. The summed E-state index contributed by atoms with van der Waals surface area (Å²) in [5, 5.41) is 14.4. The second kappa shape index (κ2) is 4.05. The maximum absolute atomic E-state index is 11.1. The van der Waals surface area contributed by atoms with Crippen LogP contribution < -0.4 is 11.3 Å². The van der Waals surface area contributed by atoms with Crippen LogP contribution in [0, 0.1) is 17.0 Å². The van der Waals surface area contributed by atoms with Gasteiger partial charge in [0.05, 0.1) is 4.92 Å². The Morgan fingerprint density at radius 1 is 1.80 bits per heavy atom. The van der Waals surface area contributed by atoms with E-state index in [1.165, 1.54) is 17.8 Å². The molecule has 15 heavy (non-hydrogen) atoms. The van der Waals surface area contributed by atoms with Gasteiger partial charge in [-0.2, -0.15) is 5.10 Å². The molecule has 8 heteroatoms. The zero-order valence-electron chi connectivity index (χ0n) is 8.30. The molecule has 0 spiro atoms. The lowest BCUT2D eigenvalue weighted by atomic mass is 10.3. The second-order valence-electron chi connectivity index (χ2n) is 3.02. The number of nitrogens with one attached hydrogen (secondary N) is 1. The number of nitrogens with two attached hydrogens (primary N) is 1. The van der Waals surface area contributed by atoms with Crippen molar-refractivity contribution in [3.8, 4) is 0 Å². The molecule has 0 aromatic carbocycles. The summed E-state index contributed by atoms with van der Waals surface area (Å²) < 4.78 is 1.20. The lowest BCUT2D eigenvalue weighted by Gasteiger charge is -2.08. The molecule has 0 saturated heterocycles. The minimum Gasteiger partial charge on any atom is -0.292 e. The van der Waals surface area contributed by atoms with Crippen molar-refractivity contribution in [2.24, 2.45) is 5.84 Å². The van der Waals surface area contributed by atoms with Crippen LogP contribution in [0.15, 0.2) is 6.20 Å². The first-order chi connectivity index (χ1) is 6.97. The first-order valence-electron chi connectivity index (χ1n) is 4.18. The van der Waals surface area contributed by atoms with Crippen LogP contribution in [0.25, 0.3) is 0 Å². The van der Waals surface area contributed by atoms with Crippen molar-refractivity contribution in [3.05, 3.63) is 22.0 Å². The van der Waals surface area contributed by atoms with Crippen molar-refractivity contribution in [3.63, 3.8) is 0 Å². The predicted octanol–water partition coefficient (Wildman–Crippen LogP) is -0.349. The van der Waals surface area contributed by atoms with Crippen molar-refractivity contribution in [1.82, 2.24) is 15.2 Å². The van der Waals surface area contributed by atoms with Crippen LogP contribution in [0.4, 0.5) is 5.69 Å². The van der Waals surface area contributed by atoms with Crippen LogP contribution in [0.2, 0.25) is 0 Å². The normalized spacial score (nSPS) is 12.2. The average molecular weight is 213 g/mol. The van der Waals surface area contributed by atoms with Gasteiger partial charge in [0.2, 0.25) is 0 Å². The number of nitro groups is 1. The van der Waals surface area contributed by atoms with Crippen LogP contribution in [0.3, 0.4) is 0 Å². The molecule has 8 nitrogen and oxygen atoms in total. The molecule has 0 radical (unpaired) electrons. The molecule has 0 aliphatic heterocycles. The van der Waals surface area contributed by atoms with E-state index in [4.69, 9.17) is 5.84 Å². The number of aromatic nitrogens is 2. The van der Waals surface area contributed by atoms with E-state index in [0.29, 0.717) is 0 Å². The minimum absolute atomic E-state index is 0.119. The highest BCUT2D eigenvalue weighted by Crippen LogP contribution is 2.17. The van der Waals surface area contributed by atoms with E-state index in [0.717, 1.165) is 0 Å². The van der Waals surface area contributed by atoms with Crippen molar-refractivity contribution >= 4 is 11.6 Å². The number of carbonyl (C=O) groups is 1. The lowest BCUT2D eigenvalue weighted by Crippen LogP contribution is -2.36. The van der Waals surface area contributed by atoms with Crippen LogP contribution in [-0.2, 0) is 4.79 Å². The summed E-state index contributed by atoms with van der Waals surface area (Å²) >= 11 is 0. The highest BCUT2D eigenvalue weighted by Gasteiger charge is 2.21. The molecular formula is C7H11N5O3. The van der Waals surface area contributed by atoms with E-state index in [9.17, 15) is 14.9 Å². The molecule has 1 aromatic rings. The number of hydrazine groups is 1. The predicted molar refractivity (Wildman–Crippen MR) is 50.7 cm³/mol. The molecular weight excluding hydrogens is 202 g/mol. The van der Waals surface area contributed by atoms with Gasteiger partial charge in [0, 0.05) is 0 Å². The highest BCUT2D eigenvalue weighted by molar-refractivity contribution is 5.79. The van der Waals surface area contributed by atoms with Crippen LogP contribution in [0.5, 0.6) is 0 Å². The van der Waals surface area contributed by atoms with Crippen molar-refractivity contribution in [2.75, 3.05) is 0 Å². The third-order valence-corrected chi connectivity index (χ3v) is 2.01. The quantitative estimate of drug-likeness (QED) is 0.308. The molecule has 0 saturated carbocycles. The summed E-state index contributed by atoms with van der Waals surface area (Å²) in [6, 6.07) is -0.678. The Labute approximate surface area is 85.2 Å². The number of hydrogen-bond donors (Lipinski definition) is 2. The molecule has 0 bridgehead atoms. The monoisotopic (exact) mass is 213 g/mol. The smallest absolute Gasteiger partial charge is 0.292 e. The first kappa shape index (κ1) is 11.1. The van der Waals surface area contributed by atoms with Crippen molar-refractivity contribution < 1.29 is 9.72 Å². The highest BCUT2D eigenvalue weighted by atomic mass is 16.6. The molecule has 0 aliphatic rings. The molecule has 0 aliphatic carbocycles. The van der Waals surface area contributed by atoms with Gasteiger partial charge < -0.3 is 0 Å². The van der Waals surface area contributed by atoms with Crippen molar-refractivity contribution in [1.29, 1.82) is 0 Å². The SMILES string of the molecule is Cc1nn([C@@H](C)C(=O)NN)cc1[N+](=O)[O-]. The van der Waals surface area contributed by atoms with E-state index in [-0.39, 0.29) is 11.4 Å². The fourth-order valence-corrected chi connectivity index (χ4v) is 1.09. The number of rotatable bonds is 3. The van der Waals surface area contributed by atoms with E-state index < -0.39 is 16.9 Å². The van der Waals surface area contributed by atoms with Gasteiger partial charge in [-0.15, -0.1) is 0 Å². The molecule has 1 rings (SSSR count). The molecule has 0 unspecified atom stereocenters. The standard InChI is InChI=1S/C7H11N5O3/c1-4-6(12(14)15)3-11(10-4)5(2)7(13)9-8/h3,5H,8H2,1-2H3,(H,9,13)/t5-/m0/s1. The van der Waals surface area contributed by atoms with Gasteiger partial charge in [0.25, 0.3) is 5.91 Å². The van der Waals surface area contributed by atoms with Gasteiger partial charge in [-0.3, -0.25) is 25.0 Å². The van der Waals surface area contributed by atoms with Gasteiger partial charge >= 0.3 is 5.69 Å². The fourth-order valence-electron chi connectivity index (χ4n) is 1.09. The van der Waals surface area contributed by atoms with Gasteiger partial charge in [0.1, 0.15) is 17.9 Å². The van der Waals surface area contributed by atoms with Gasteiger partial charge in [-0.25, -0.2) is 5.84 Å². The maximum atomic E-state index is 11.1. The van der Waals surface area contributed by atoms with Crippen molar-refractivity contribution in [2.45, 2.75) is 19.9 Å². The maximum Gasteiger partial charge on any atom is 0.309 e. The number of hydrogen-bond acceptors (Lipinski definition) is 5. The van der Waals surface area contributed by atoms with Crippen LogP contribution in [0.1, 0.15) is 18.7 Å². The van der Waals surface area contributed by atoms with Gasteiger partial charge in [0.15, 0.2) is 0 Å². The Hall–Kier alpha value is -1.96. The molecule has 3 N–H and O–H groups in total. The summed E-state index contributed by atoms with van der Waals surface area (Å²) in [6.07, 6.45) is 1.20.